The molecule has 8 nitrogen and oxygen atoms in total. The molecule has 0 spiro atoms. The third-order valence-corrected chi connectivity index (χ3v) is 9.94. The van der Waals surface area contributed by atoms with Gasteiger partial charge in [-0.15, -0.1) is 0 Å². The summed E-state index contributed by atoms with van der Waals surface area (Å²) in [4.78, 5) is 31.0. The number of piperidine rings is 1. The fraction of sp³-hybridized carbons (Fsp3) is 0.310. The number of aromatic nitrogens is 1. The smallest absolute Gasteiger partial charge is 0.256 e. The van der Waals surface area contributed by atoms with Gasteiger partial charge in [0.05, 0.1) is 28.7 Å². The molecule has 2 aromatic carbocycles. The van der Waals surface area contributed by atoms with Crippen LogP contribution in [0.15, 0.2) is 41.3 Å². The summed E-state index contributed by atoms with van der Waals surface area (Å²) in [7, 11) is -3.83. The van der Waals surface area contributed by atoms with Crippen molar-refractivity contribution in [1.29, 1.82) is 0 Å². The van der Waals surface area contributed by atoms with E-state index in [0.29, 0.717) is 54.0 Å². The van der Waals surface area contributed by atoms with Gasteiger partial charge in [0.2, 0.25) is 5.91 Å². The largest absolute Gasteiger partial charge is 0.393 e. The van der Waals surface area contributed by atoms with E-state index in [2.05, 4.69) is 10.3 Å². The van der Waals surface area contributed by atoms with E-state index in [1.165, 1.54) is 12.1 Å². The molecule has 1 fully saturated rings. The number of nitrogens with zero attached hydrogens (tertiary/aromatic N) is 1. The highest BCUT2D eigenvalue weighted by Gasteiger charge is 2.29. The number of rotatable bonds is 6. The monoisotopic (exact) mass is 601 g/mol. The number of amides is 2. The van der Waals surface area contributed by atoms with Crippen LogP contribution in [0.25, 0.3) is 11.6 Å². The number of anilines is 1. The molecule has 3 N–H and O–H groups in total. The zero-order chi connectivity index (χ0) is 28.8. The van der Waals surface area contributed by atoms with Crippen molar-refractivity contribution in [3.63, 3.8) is 0 Å². The number of halogens is 2. The van der Waals surface area contributed by atoms with E-state index in [1.807, 2.05) is 13.8 Å². The zero-order valence-corrected chi connectivity index (χ0v) is 24.4. The SMILES string of the molecule is Cc1[nH]c(/C=C2\C(=O)Nc3ccc(S(=O)(=O)Cc4c(Cl)cccc4Cl)cc32)c(C)c1CC(=O)N1CCC(O)CC1. The lowest BCUT2D eigenvalue weighted by molar-refractivity contribution is -0.132. The fourth-order valence-electron chi connectivity index (χ4n) is 5.19. The second-order valence-electron chi connectivity index (χ2n) is 10.2. The standard InChI is InChI=1S/C29H29Cl2N3O5S/c1-16-20(14-28(36)34-10-8-18(35)9-11-34)17(2)32-27(16)13-22-21-12-19(6-7-26(21)33-29(22)37)40(38,39)15-23-24(30)4-3-5-25(23)31/h3-7,12-13,18,32,35H,8-11,14-15H2,1-2H3,(H,33,37)/b22-13-. The average molecular weight is 603 g/mol. The van der Waals surface area contributed by atoms with E-state index in [1.54, 1.807) is 35.2 Å². The van der Waals surface area contributed by atoms with E-state index >= 15 is 0 Å². The molecule has 40 heavy (non-hydrogen) atoms. The minimum atomic E-state index is -3.83. The maximum atomic E-state index is 13.3. The van der Waals surface area contributed by atoms with Crippen LogP contribution in [0.4, 0.5) is 5.69 Å². The quantitative estimate of drug-likeness (QED) is 0.346. The molecule has 0 atom stereocenters. The molecule has 0 aliphatic carbocycles. The van der Waals surface area contributed by atoms with Crippen LogP contribution in [0.1, 0.15) is 46.5 Å². The summed E-state index contributed by atoms with van der Waals surface area (Å²) in [6, 6.07) is 9.33. The zero-order valence-electron chi connectivity index (χ0n) is 22.1. The first-order valence-electron chi connectivity index (χ1n) is 12.9. The number of likely N-dealkylation sites (tertiary alicyclic amines) is 1. The fourth-order valence-corrected chi connectivity index (χ4v) is 7.31. The minimum absolute atomic E-state index is 0.00581. The number of aromatic amines is 1. The third kappa shape index (κ3) is 5.56. The highest BCUT2D eigenvalue weighted by molar-refractivity contribution is 7.90. The Kier molecular flexibility index (Phi) is 7.85. The van der Waals surface area contributed by atoms with Crippen molar-refractivity contribution in [2.75, 3.05) is 18.4 Å². The highest BCUT2D eigenvalue weighted by Crippen LogP contribution is 2.37. The molecule has 2 aliphatic rings. The first-order valence-corrected chi connectivity index (χ1v) is 15.3. The molecule has 210 valence electrons. The van der Waals surface area contributed by atoms with Crippen LogP contribution < -0.4 is 5.32 Å². The number of aliphatic hydroxyl groups excluding tert-OH is 1. The molecule has 0 bridgehead atoms. The number of carbonyl (C=O) groups is 2. The number of carbonyl (C=O) groups excluding carboxylic acids is 2. The number of fused-ring (bicyclic) bond motifs is 1. The van der Waals surface area contributed by atoms with Gasteiger partial charge in [0.1, 0.15) is 0 Å². The summed E-state index contributed by atoms with van der Waals surface area (Å²) in [6.07, 6.45) is 2.69. The van der Waals surface area contributed by atoms with Crippen molar-refractivity contribution in [2.45, 2.75) is 49.9 Å². The van der Waals surface area contributed by atoms with Gasteiger partial charge in [-0.3, -0.25) is 9.59 Å². The summed E-state index contributed by atoms with van der Waals surface area (Å²) in [5, 5.41) is 13.1. The lowest BCUT2D eigenvalue weighted by Crippen LogP contribution is -2.40. The van der Waals surface area contributed by atoms with Gasteiger partial charge in [-0.2, -0.15) is 0 Å². The van der Waals surface area contributed by atoms with Gasteiger partial charge >= 0.3 is 0 Å². The van der Waals surface area contributed by atoms with E-state index in [9.17, 15) is 23.1 Å². The maximum Gasteiger partial charge on any atom is 0.256 e. The van der Waals surface area contributed by atoms with Crippen molar-refractivity contribution in [2.24, 2.45) is 0 Å². The van der Waals surface area contributed by atoms with E-state index in [0.717, 1.165) is 16.8 Å². The van der Waals surface area contributed by atoms with E-state index in [4.69, 9.17) is 23.2 Å². The van der Waals surface area contributed by atoms with Crippen LogP contribution in [-0.2, 0) is 31.6 Å². The molecule has 3 aromatic rings. The molecule has 2 aliphatic heterocycles. The lowest BCUT2D eigenvalue weighted by atomic mass is 10.0. The summed E-state index contributed by atoms with van der Waals surface area (Å²) in [6.45, 7) is 4.83. The number of sulfone groups is 1. The number of H-pyrrole nitrogens is 1. The molecule has 0 saturated carbocycles. The molecule has 0 unspecified atom stereocenters. The number of aryl methyl sites for hydroxylation is 1. The molecule has 2 amide bonds. The summed E-state index contributed by atoms with van der Waals surface area (Å²) in [5.74, 6) is -0.740. The maximum absolute atomic E-state index is 13.3. The number of benzene rings is 2. The van der Waals surface area contributed by atoms with Crippen LogP contribution in [0.3, 0.4) is 0 Å². The first-order chi connectivity index (χ1) is 18.9. The molecule has 11 heteroatoms. The van der Waals surface area contributed by atoms with Crippen LogP contribution in [0.5, 0.6) is 0 Å². The van der Waals surface area contributed by atoms with Gasteiger partial charge in [-0.05, 0) is 74.2 Å². The van der Waals surface area contributed by atoms with Gasteiger partial charge in [-0.1, -0.05) is 29.3 Å². The Hall–Kier alpha value is -3.11. The Balaban J connectivity index is 1.44. The number of hydrogen-bond acceptors (Lipinski definition) is 5. The van der Waals surface area contributed by atoms with Crippen LogP contribution in [-0.4, -0.2) is 54.4 Å². The summed E-state index contributed by atoms with van der Waals surface area (Å²) < 4.78 is 26.6. The normalized spacial score (nSPS) is 16.9. The molecule has 1 saturated heterocycles. The predicted molar refractivity (Wildman–Crippen MR) is 156 cm³/mol. The second-order valence-corrected chi connectivity index (χ2v) is 13.0. The number of nitrogens with one attached hydrogen (secondary N) is 2. The minimum Gasteiger partial charge on any atom is -0.393 e. The van der Waals surface area contributed by atoms with Crippen molar-refractivity contribution in [3.8, 4) is 0 Å². The first kappa shape index (κ1) is 28.4. The van der Waals surface area contributed by atoms with Crippen LogP contribution in [0.2, 0.25) is 10.0 Å². The molecule has 1 aromatic heterocycles. The Bertz CT molecular complexity index is 1630. The van der Waals surface area contributed by atoms with Gasteiger partial charge in [0.15, 0.2) is 9.84 Å². The van der Waals surface area contributed by atoms with Crippen molar-refractivity contribution in [3.05, 3.63) is 80.1 Å². The molecule has 3 heterocycles. The molecular weight excluding hydrogens is 573 g/mol. The van der Waals surface area contributed by atoms with Crippen LogP contribution >= 0.6 is 23.2 Å². The molecular formula is C29H29Cl2N3O5S. The number of aliphatic hydroxyl groups is 1. The Labute approximate surface area is 242 Å². The Morgan fingerprint density at radius 3 is 2.45 bits per heavy atom. The van der Waals surface area contributed by atoms with Gasteiger partial charge < -0.3 is 20.3 Å². The second kappa shape index (κ2) is 11.0. The highest BCUT2D eigenvalue weighted by atomic mass is 35.5. The van der Waals surface area contributed by atoms with E-state index < -0.39 is 9.84 Å². The summed E-state index contributed by atoms with van der Waals surface area (Å²) in [5.41, 5.74) is 4.79. The van der Waals surface area contributed by atoms with Crippen molar-refractivity contribution < 1.29 is 23.1 Å². The van der Waals surface area contributed by atoms with Crippen LogP contribution in [0, 0.1) is 13.8 Å². The predicted octanol–water partition coefficient (Wildman–Crippen LogP) is 4.93. The lowest BCUT2D eigenvalue weighted by Gasteiger charge is -2.29. The van der Waals surface area contributed by atoms with E-state index in [-0.39, 0.29) is 45.0 Å². The van der Waals surface area contributed by atoms with Gasteiger partial charge in [0.25, 0.3) is 5.91 Å². The summed E-state index contributed by atoms with van der Waals surface area (Å²) >= 11 is 12.4. The van der Waals surface area contributed by atoms with Crippen molar-refractivity contribution >= 4 is 62.2 Å². The third-order valence-electron chi connectivity index (χ3n) is 7.59. The molecule has 0 radical (unpaired) electrons. The van der Waals surface area contributed by atoms with Gasteiger partial charge in [-0.25, -0.2) is 8.42 Å². The van der Waals surface area contributed by atoms with Gasteiger partial charge in [0, 0.05) is 51.3 Å². The topological polar surface area (TPSA) is 120 Å². The average Bonchev–Trinajstić information content (AvgIpc) is 3.36. The number of hydrogen-bond donors (Lipinski definition) is 3. The van der Waals surface area contributed by atoms with Crippen molar-refractivity contribution in [1.82, 2.24) is 9.88 Å². The molecule has 5 rings (SSSR count). The Morgan fingerprint density at radius 2 is 1.77 bits per heavy atom. The Morgan fingerprint density at radius 1 is 1.10 bits per heavy atom.